The Labute approximate surface area is 107 Å². The van der Waals surface area contributed by atoms with Gasteiger partial charge in [-0.2, -0.15) is 0 Å². The van der Waals surface area contributed by atoms with Crippen LogP contribution in [0.5, 0.6) is 0 Å². The van der Waals surface area contributed by atoms with Gasteiger partial charge in [0.15, 0.2) is 0 Å². The second-order valence-corrected chi connectivity index (χ2v) is 7.71. The van der Waals surface area contributed by atoms with E-state index in [0.29, 0.717) is 5.54 Å². The summed E-state index contributed by atoms with van der Waals surface area (Å²) in [4.78, 5) is 0. The third-order valence-electron chi connectivity index (χ3n) is 6.12. The molecule has 0 unspecified atom stereocenters. The van der Waals surface area contributed by atoms with Crippen molar-refractivity contribution in [2.75, 3.05) is 6.54 Å². The van der Waals surface area contributed by atoms with Crippen molar-refractivity contribution in [2.45, 2.75) is 64.8 Å². The lowest BCUT2D eigenvalue weighted by atomic mass is 9.52. The molecule has 4 aliphatic rings. The fraction of sp³-hybridized carbons (Fsp3) is 1.00. The van der Waals surface area contributed by atoms with Crippen LogP contribution in [0, 0.1) is 29.6 Å². The maximum atomic E-state index is 3.84. The van der Waals surface area contributed by atoms with Crippen LogP contribution in [0.15, 0.2) is 0 Å². The van der Waals surface area contributed by atoms with E-state index in [9.17, 15) is 0 Å². The molecular weight excluding hydrogens is 206 g/mol. The molecule has 4 aliphatic carbocycles. The third kappa shape index (κ3) is 2.28. The van der Waals surface area contributed by atoms with Crippen LogP contribution in [0.3, 0.4) is 0 Å². The van der Waals surface area contributed by atoms with E-state index in [2.05, 4.69) is 26.1 Å². The lowest BCUT2D eigenvalue weighted by Crippen LogP contribution is -2.51. The van der Waals surface area contributed by atoms with Crippen LogP contribution in [-0.2, 0) is 0 Å². The van der Waals surface area contributed by atoms with Gasteiger partial charge in [0.25, 0.3) is 0 Å². The molecule has 4 bridgehead atoms. The van der Waals surface area contributed by atoms with Crippen LogP contribution >= 0.6 is 0 Å². The summed E-state index contributed by atoms with van der Waals surface area (Å²) in [6, 6.07) is 0. The first kappa shape index (κ1) is 12.0. The molecule has 17 heavy (non-hydrogen) atoms. The van der Waals surface area contributed by atoms with Gasteiger partial charge in [0.05, 0.1) is 0 Å². The SMILES string of the molecule is CCC(C)(C)NCC1C2CC3CC(C2)CC1C3. The second-order valence-electron chi connectivity index (χ2n) is 7.71. The summed E-state index contributed by atoms with van der Waals surface area (Å²) in [6.45, 7) is 8.28. The fourth-order valence-corrected chi connectivity index (χ4v) is 4.89. The summed E-state index contributed by atoms with van der Waals surface area (Å²) in [5.74, 6) is 5.40. The zero-order valence-corrected chi connectivity index (χ0v) is 11.8. The van der Waals surface area contributed by atoms with Gasteiger partial charge in [-0.1, -0.05) is 6.92 Å². The second kappa shape index (κ2) is 4.26. The summed E-state index contributed by atoms with van der Waals surface area (Å²) < 4.78 is 0. The third-order valence-corrected chi connectivity index (χ3v) is 6.12. The number of hydrogen-bond donors (Lipinski definition) is 1. The monoisotopic (exact) mass is 235 g/mol. The maximum Gasteiger partial charge on any atom is 0.0122 e. The Balaban J connectivity index is 1.61. The van der Waals surface area contributed by atoms with E-state index in [-0.39, 0.29) is 0 Å². The van der Waals surface area contributed by atoms with Crippen LogP contribution in [0.2, 0.25) is 0 Å². The molecule has 4 fully saturated rings. The highest BCUT2D eigenvalue weighted by molar-refractivity contribution is 4.99. The Bertz CT molecular complexity index is 253. The molecular formula is C16H29N. The van der Waals surface area contributed by atoms with Crippen molar-refractivity contribution < 1.29 is 0 Å². The molecule has 0 aliphatic heterocycles. The molecule has 1 N–H and O–H groups in total. The first-order chi connectivity index (χ1) is 8.07. The van der Waals surface area contributed by atoms with Gasteiger partial charge in [-0.3, -0.25) is 0 Å². The molecule has 4 saturated carbocycles. The standard InChI is InChI=1S/C16H29N/c1-4-16(2,3)17-10-15-13-6-11-5-12(8-13)9-14(15)7-11/h11-15,17H,4-10H2,1-3H3. The smallest absolute Gasteiger partial charge is 0.0122 e. The van der Waals surface area contributed by atoms with Crippen molar-refractivity contribution in [3.63, 3.8) is 0 Å². The highest BCUT2D eigenvalue weighted by atomic mass is 15.0. The van der Waals surface area contributed by atoms with Crippen molar-refractivity contribution in [3.8, 4) is 0 Å². The van der Waals surface area contributed by atoms with Crippen LogP contribution in [0.25, 0.3) is 0 Å². The predicted octanol–water partition coefficient (Wildman–Crippen LogP) is 3.84. The van der Waals surface area contributed by atoms with Crippen LogP contribution in [-0.4, -0.2) is 12.1 Å². The lowest BCUT2D eigenvalue weighted by molar-refractivity contribution is -0.0376. The zero-order chi connectivity index (χ0) is 12.0. The quantitative estimate of drug-likeness (QED) is 0.781. The van der Waals surface area contributed by atoms with E-state index in [1.807, 2.05) is 0 Å². The predicted molar refractivity (Wildman–Crippen MR) is 72.9 cm³/mol. The van der Waals surface area contributed by atoms with E-state index < -0.39 is 0 Å². The molecule has 0 spiro atoms. The fourth-order valence-electron chi connectivity index (χ4n) is 4.89. The van der Waals surface area contributed by atoms with Gasteiger partial charge in [-0.25, -0.2) is 0 Å². The Morgan fingerprint density at radius 2 is 1.47 bits per heavy atom. The Kier molecular flexibility index (Phi) is 3.01. The minimum absolute atomic E-state index is 0.342. The molecule has 0 radical (unpaired) electrons. The minimum atomic E-state index is 0.342. The van der Waals surface area contributed by atoms with Crippen molar-refractivity contribution in [3.05, 3.63) is 0 Å². The van der Waals surface area contributed by atoms with E-state index in [1.54, 1.807) is 32.1 Å². The molecule has 0 amide bonds. The minimum Gasteiger partial charge on any atom is -0.312 e. The number of hydrogen-bond acceptors (Lipinski definition) is 1. The van der Waals surface area contributed by atoms with Gasteiger partial charge in [0.2, 0.25) is 0 Å². The molecule has 0 saturated heterocycles. The Morgan fingerprint density at radius 3 is 1.94 bits per heavy atom. The van der Waals surface area contributed by atoms with Crippen molar-refractivity contribution in [2.24, 2.45) is 29.6 Å². The number of nitrogens with one attached hydrogen (secondary N) is 1. The topological polar surface area (TPSA) is 12.0 Å². The van der Waals surface area contributed by atoms with Gasteiger partial charge < -0.3 is 5.32 Å². The Hall–Kier alpha value is -0.0400. The van der Waals surface area contributed by atoms with Crippen molar-refractivity contribution in [1.82, 2.24) is 5.32 Å². The average molecular weight is 235 g/mol. The molecule has 0 aromatic carbocycles. The molecule has 1 nitrogen and oxygen atoms in total. The molecule has 0 aromatic rings. The summed E-state index contributed by atoms with van der Waals surface area (Å²) in [7, 11) is 0. The van der Waals surface area contributed by atoms with Crippen LogP contribution in [0.1, 0.15) is 59.3 Å². The maximum absolute atomic E-state index is 3.84. The highest BCUT2D eigenvalue weighted by Crippen LogP contribution is 2.56. The van der Waals surface area contributed by atoms with Crippen LogP contribution in [0.4, 0.5) is 0 Å². The lowest BCUT2D eigenvalue weighted by Gasteiger charge is -2.55. The first-order valence-corrected chi connectivity index (χ1v) is 7.82. The first-order valence-electron chi connectivity index (χ1n) is 7.82. The summed E-state index contributed by atoms with van der Waals surface area (Å²) >= 11 is 0. The molecule has 0 atom stereocenters. The molecule has 0 aromatic heterocycles. The normalized spacial score (nSPS) is 44.3. The van der Waals surface area contributed by atoms with Gasteiger partial charge in [0.1, 0.15) is 0 Å². The molecule has 0 heterocycles. The van der Waals surface area contributed by atoms with Crippen molar-refractivity contribution >= 4 is 0 Å². The van der Waals surface area contributed by atoms with E-state index in [1.165, 1.54) is 13.0 Å². The number of rotatable bonds is 4. The average Bonchev–Trinajstić information content (AvgIpc) is 2.27. The summed E-state index contributed by atoms with van der Waals surface area (Å²) in [5.41, 5.74) is 0.342. The molecule has 4 rings (SSSR count). The van der Waals surface area contributed by atoms with Gasteiger partial charge >= 0.3 is 0 Å². The van der Waals surface area contributed by atoms with Gasteiger partial charge in [-0.15, -0.1) is 0 Å². The molecule has 98 valence electrons. The summed E-state index contributed by atoms with van der Waals surface area (Å²) in [5, 5.41) is 3.84. The Morgan fingerprint density at radius 1 is 0.941 bits per heavy atom. The zero-order valence-electron chi connectivity index (χ0n) is 11.8. The van der Waals surface area contributed by atoms with E-state index in [4.69, 9.17) is 0 Å². The largest absolute Gasteiger partial charge is 0.312 e. The van der Waals surface area contributed by atoms with Gasteiger partial charge in [-0.05, 0) is 88.5 Å². The van der Waals surface area contributed by atoms with Crippen LogP contribution < -0.4 is 5.32 Å². The van der Waals surface area contributed by atoms with Gasteiger partial charge in [0, 0.05) is 5.54 Å². The highest BCUT2D eigenvalue weighted by Gasteiger charge is 2.47. The molecule has 1 heteroatoms. The van der Waals surface area contributed by atoms with Crippen molar-refractivity contribution in [1.29, 1.82) is 0 Å². The summed E-state index contributed by atoms with van der Waals surface area (Å²) in [6.07, 6.45) is 9.06. The van der Waals surface area contributed by atoms with E-state index >= 15 is 0 Å². The van der Waals surface area contributed by atoms with E-state index in [0.717, 1.165) is 29.6 Å².